The van der Waals surface area contributed by atoms with E-state index in [4.69, 9.17) is 0 Å². The molecule has 2 aromatic rings. The van der Waals surface area contributed by atoms with E-state index in [9.17, 15) is 13.2 Å². The summed E-state index contributed by atoms with van der Waals surface area (Å²) in [6.07, 6.45) is 1.16. The summed E-state index contributed by atoms with van der Waals surface area (Å²) in [4.78, 5) is 17.3. The molecule has 0 aliphatic carbocycles. The molecule has 1 aliphatic heterocycles. The van der Waals surface area contributed by atoms with Gasteiger partial charge < -0.3 is 4.90 Å². The highest BCUT2D eigenvalue weighted by Gasteiger charge is 2.34. The zero-order valence-corrected chi connectivity index (χ0v) is 19.0. The van der Waals surface area contributed by atoms with E-state index < -0.39 is 16.1 Å². The number of amides is 1. The average molecular weight is 430 g/mol. The van der Waals surface area contributed by atoms with Gasteiger partial charge in [-0.3, -0.25) is 14.0 Å². The van der Waals surface area contributed by atoms with E-state index in [1.165, 1.54) is 9.87 Å². The topological polar surface area (TPSA) is 60.9 Å². The lowest BCUT2D eigenvalue weighted by Crippen LogP contribution is -2.55. The number of benzene rings is 2. The molecule has 162 valence electrons. The van der Waals surface area contributed by atoms with Gasteiger partial charge in [0.15, 0.2) is 0 Å². The molecule has 0 saturated carbocycles. The predicted octanol–water partition coefficient (Wildman–Crippen LogP) is 2.80. The van der Waals surface area contributed by atoms with Crippen molar-refractivity contribution >= 4 is 21.6 Å². The van der Waals surface area contributed by atoms with Gasteiger partial charge in [-0.2, -0.15) is 0 Å². The fraction of sp³-hybridized carbons (Fsp3) is 0.435. The smallest absolute Gasteiger partial charge is 0.246 e. The van der Waals surface area contributed by atoms with Crippen molar-refractivity contribution in [3.8, 4) is 0 Å². The fourth-order valence-electron chi connectivity index (χ4n) is 3.96. The maximum atomic E-state index is 13.2. The van der Waals surface area contributed by atoms with Gasteiger partial charge in [0, 0.05) is 32.7 Å². The Kier molecular flexibility index (Phi) is 6.83. The van der Waals surface area contributed by atoms with Crippen LogP contribution in [-0.2, 0) is 21.4 Å². The number of hydrogen-bond acceptors (Lipinski definition) is 4. The first-order valence-electron chi connectivity index (χ1n) is 10.3. The molecule has 0 radical (unpaired) electrons. The fourth-order valence-corrected chi connectivity index (χ4v) is 5.18. The van der Waals surface area contributed by atoms with E-state index in [-0.39, 0.29) is 5.91 Å². The normalized spacial score (nSPS) is 16.3. The maximum absolute atomic E-state index is 13.2. The van der Waals surface area contributed by atoms with Crippen LogP contribution in [0.5, 0.6) is 0 Å². The van der Waals surface area contributed by atoms with E-state index in [0.29, 0.717) is 18.8 Å². The van der Waals surface area contributed by atoms with Crippen LogP contribution < -0.4 is 4.31 Å². The van der Waals surface area contributed by atoms with Crippen LogP contribution in [-0.4, -0.2) is 62.6 Å². The van der Waals surface area contributed by atoms with Gasteiger partial charge in [-0.1, -0.05) is 42.5 Å². The Hall–Kier alpha value is -2.38. The molecule has 0 N–H and O–H groups in total. The molecule has 0 aromatic heterocycles. The number of rotatable bonds is 6. The lowest BCUT2D eigenvalue weighted by molar-refractivity contribution is -0.133. The summed E-state index contributed by atoms with van der Waals surface area (Å²) in [5.41, 5.74) is 3.61. The molecule has 1 amide bonds. The second-order valence-corrected chi connectivity index (χ2v) is 9.97. The highest BCUT2D eigenvalue weighted by atomic mass is 32.2. The zero-order chi connectivity index (χ0) is 21.9. The van der Waals surface area contributed by atoms with Gasteiger partial charge in [0.25, 0.3) is 0 Å². The third kappa shape index (κ3) is 5.21. The molecule has 0 bridgehead atoms. The van der Waals surface area contributed by atoms with Crippen LogP contribution in [0, 0.1) is 13.8 Å². The number of piperazine rings is 1. The minimum atomic E-state index is -3.62. The summed E-state index contributed by atoms with van der Waals surface area (Å²) in [5.74, 6) is -0.152. The Morgan fingerprint density at radius 3 is 2.27 bits per heavy atom. The lowest BCUT2D eigenvalue weighted by Gasteiger charge is -2.38. The quantitative estimate of drug-likeness (QED) is 0.709. The van der Waals surface area contributed by atoms with Gasteiger partial charge >= 0.3 is 0 Å². The Bertz CT molecular complexity index is 984. The minimum Gasteiger partial charge on any atom is -0.338 e. The van der Waals surface area contributed by atoms with Crippen molar-refractivity contribution in [3.63, 3.8) is 0 Å². The Morgan fingerprint density at radius 1 is 1.03 bits per heavy atom. The van der Waals surface area contributed by atoms with Gasteiger partial charge in [-0.25, -0.2) is 8.42 Å². The van der Waals surface area contributed by atoms with Gasteiger partial charge in [-0.15, -0.1) is 0 Å². The van der Waals surface area contributed by atoms with E-state index in [2.05, 4.69) is 17.0 Å². The van der Waals surface area contributed by atoms with Crippen LogP contribution in [0.15, 0.2) is 48.5 Å². The summed E-state index contributed by atoms with van der Waals surface area (Å²) in [5, 5.41) is 0. The first kappa shape index (κ1) is 22.3. The molecule has 6 nitrogen and oxygen atoms in total. The second-order valence-electron chi connectivity index (χ2n) is 8.11. The SMILES string of the molecule is Cc1ccc(C)c(N(C(C)C(=O)N2CCN(Cc3ccccc3)CC2)S(C)(=O)=O)c1. The van der Waals surface area contributed by atoms with Crippen LogP contribution in [0.1, 0.15) is 23.6 Å². The molecule has 30 heavy (non-hydrogen) atoms. The molecule has 1 saturated heterocycles. The molecule has 7 heteroatoms. The molecule has 1 atom stereocenters. The van der Waals surface area contributed by atoms with Crippen molar-refractivity contribution in [2.75, 3.05) is 36.7 Å². The molecule has 1 fully saturated rings. The molecular formula is C23H31N3O3S. The maximum Gasteiger partial charge on any atom is 0.246 e. The van der Waals surface area contributed by atoms with Crippen LogP contribution in [0.25, 0.3) is 0 Å². The van der Waals surface area contributed by atoms with Crippen LogP contribution >= 0.6 is 0 Å². The highest BCUT2D eigenvalue weighted by Crippen LogP contribution is 2.27. The Morgan fingerprint density at radius 2 is 1.67 bits per heavy atom. The minimum absolute atomic E-state index is 0.152. The Labute approximate surface area is 180 Å². The summed E-state index contributed by atoms with van der Waals surface area (Å²) in [7, 11) is -3.62. The largest absolute Gasteiger partial charge is 0.338 e. The number of nitrogens with zero attached hydrogens (tertiary/aromatic N) is 3. The van der Waals surface area contributed by atoms with Crippen LogP contribution in [0.4, 0.5) is 5.69 Å². The monoisotopic (exact) mass is 429 g/mol. The van der Waals surface area contributed by atoms with E-state index in [1.54, 1.807) is 11.8 Å². The first-order valence-corrected chi connectivity index (χ1v) is 12.1. The van der Waals surface area contributed by atoms with Gasteiger partial charge in [0.2, 0.25) is 15.9 Å². The number of aryl methyl sites for hydroxylation is 2. The van der Waals surface area contributed by atoms with Crippen molar-refractivity contribution in [1.82, 2.24) is 9.80 Å². The summed E-state index contributed by atoms with van der Waals surface area (Å²) in [6, 6.07) is 15.2. The van der Waals surface area contributed by atoms with E-state index >= 15 is 0 Å². The zero-order valence-electron chi connectivity index (χ0n) is 18.2. The molecule has 0 spiro atoms. The molecule has 1 aliphatic rings. The van der Waals surface area contributed by atoms with Crippen molar-refractivity contribution in [1.29, 1.82) is 0 Å². The molecule has 1 heterocycles. The second kappa shape index (κ2) is 9.18. The van der Waals surface area contributed by atoms with Crippen molar-refractivity contribution in [2.45, 2.75) is 33.4 Å². The van der Waals surface area contributed by atoms with Crippen LogP contribution in [0.2, 0.25) is 0 Å². The molecule has 3 rings (SSSR count). The average Bonchev–Trinajstić information content (AvgIpc) is 2.70. The standard InChI is InChI=1S/C23H31N3O3S/c1-18-10-11-19(2)22(16-18)26(30(4,28)29)20(3)23(27)25-14-12-24(13-15-25)17-21-8-6-5-7-9-21/h5-11,16,20H,12-15,17H2,1-4H3. The number of sulfonamides is 1. The highest BCUT2D eigenvalue weighted by molar-refractivity contribution is 7.92. The molecular weight excluding hydrogens is 398 g/mol. The predicted molar refractivity (Wildman–Crippen MR) is 121 cm³/mol. The third-order valence-electron chi connectivity index (χ3n) is 5.60. The van der Waals surface area contributed by atoms with Crippen LogP contribution in [0.3, 0.4) is 0 Å². The number of carbonyl (C=O) groups excluding carboxylic acids is 1. The van der Waals surface area contributed by atoms with E-state index in [0.717, 1.165) is 37.0 Å². The number of anilines is 1. The number of hydrogen-bond donors (Lipinski definition) is 0. The number of carbonyl (C=O) groups is 1. The summed E-state index contributed by atoms with van der Waals surface area (Å²) < 4.78 is 26.5. The van der Waals surface area contributed by atoms with Gasteiger partial charge in [0.1, 0.15) is 6.04 Å². The third-order valence-corrected chi connectivity index (χ3v) is 6.83. The summed E-state index contributed by atoms with van der Waals surface area (Å²) >= 11 is 0. The van der Waals surface area contributed by atoms with Gasteiger partial charge in [0.05, 0.1) is 11.9 Å². The van der Waals surface area contributed by atoms with Crippen molar-refractivity contribution < 1.29 is 13.2 Å². The molecule has 2 aromatic carbocycles. The van der Waals surface area contributed by atoms with Gasteiger partial charge in [-0.05, 0) is 43.5 Å². The lowest BCUT2D eigenvalue weighted by atomic mass is 10.1. The first-order chi connectivity index (χ1) is 14.2. The molecule has 1 unspecified atom stereocenters. The Balaban J connectivity index is 1.71. The van der Waals surface area contributed by atoms with E-state index in [1.807, 2.05) is 50.2 Å². The van der Waals surface area contributed by atoms with Crippen molar-refractivity contribution in [2.24, 2.45) is 0 Å². The van der Waals surface area contributed by atoms with Crippen molar-refractivity contribution in [3.05, 3.63) is 65.2 Å². The summed E-state index contributed by atoms with van der Waals surface area (Å²) in [6.45, 7) is 9.07.